The fourth-order valence-corrected chi connectivity index (χ4v) is 1.94. The molecule has 0 aliphatic heterocycles. The molecule has 116 valence electrons. The van der Waals surface area contributed by atoms with Crippen molar-refractivity contribution in [2.24, 2.45) is 0 Å². The van der Waals surface area contributed by atoms with Gasteiger partial charge in [-0.15, -0.1) is 0 Å². The number of carbonyl (C=O) groups is 1. The molecule has 0 saturated heterocycles. The summed E-state index contributed by atoms with van der Waals surface area (Å²) in [6, 6.07) is 11.9. The van der Waals surface area contributed by atoms with Crippen molar-refractivity contribution in [2.45, 2.75) is 6.92 Å². The lowest BCUT2D eigenvalue weighted by molar-refractivity contribution is -0.118. The van der Waals surface area contributed by atoms with Gasteiger partial charge in [-0.2, -0.15) is 0 Å². The second kappa shape index (κ2) is 7.56. The molecule has 0 unspecified atom stereocenters. The van der Waals surface area contributed by atoms with Crippen LogP contribution in [0, 0.1) is 0 Å². The fraction of sp³-hybridized carbons (Fsp3) is 0.188. The summed E-state index contributed by atoms with van der Waals surface area (Å²) in [5.74, 6) is 1.02. The molecule has 1 amide bonds. The number of nitrogens with one attached hydrogen (secondary N) is 1. The zero-order chi connectivity index (χ0) is 15.9. The Morgan fingerprint density at radius 1 is 1.14 bits per heavy atom. The largest absolute Gasteiger partial charge is 0.494 e. The van der Waals surface area contributed by atoms with Crippen LogP contribution in [0.15, 0.2) is 42.5 Å². The summed E-state index contributed by atoms with van der Waals surface area (Å²) >= 11 is 5.98. The minimum absolute atomic E-state index is 0.126. The van der Waals surface area contributed by atoms with Crippen LogP contribution in [-0.4, -0.2) is 19.1 Å². The van der Waals surface area contributed by atoms with E-state index in [9.17, 15) is 4.79 Å². The van der Waals surface area contributed by atoms with Crippen molar-refractivity contribution in [1.29, 1.82) is 0 Å². The zero-order valence-corrected chi connectivity index (χ0v) is 12.9. The lowest BCUT2D eigenvalue weighted by Crippen LogP contribution is -2.20. The predicted molar refractivity (Wildman–Crippen MR) is 87.6 cm³/mol. The van der Waals surface area contributed by atoms with Crippen LogP contribution in [0.2, 0.25) is 5.02 Å². The molecule has 2 rings (SSSR count). The molecular formula is C16H17ClN2O3. The van der Waals surface area contributed by atoms with E-state index in [-0.39, 0.29) is 12.5 Å². The van der Waals surface area contributed by atoms with Crippen LogP contribution in [0.1, 0.15) is 6.92 Å². The van der Waals surface area contributed by atoms with Gasteiger partial charge >= 0.3 is 0 Å². The van der Waals surface area contributed by atoms with E-state index in [4.69, 9.17) is 26.8 Å². The number of nitrogens with two attached hydrogens (primary N) is 1. The van der Waals surface area contributed by atoms with E-state index >= 15 is 0 Å². The van der Waals surface area contributed by atoms with E-state index in [0.29, 0.717) is 28.8 Å². The first-order valence-corrected chi connectivity index (χ1v) is 7.17. The van der Waals surface area contributed by atoms with Crippen LogP contribution in [0.3, 0.4) is 0 Å². The number of amides is 1. The highest BCUT2D eigenvalue weighted by molar-refractivity contribution is 6.33. The molecule has 22 heavy (non-hydrogen) atoms. The van der Waals surface area contributed by atoms with Gasteiger partial charge in [0, 0.05) is 5.69 Å². The van der Waals surface area contributed by atoms with Gasteiger partial charge in [-0.05, 0) is 49.4 Å². The molecule has 5 nitrogen and oxygen atoms in total. The van der Waals surface area contributed by atoms with Crippen LogP contribution >= 0.6 is 11.6 Å². The van der Waals surface area contributed by atoms with Crippen LogP contribution in [0.25, 0.3) is 0 Å². The molecular weight excluding hydrogens is 304 g/mol. The highest BCUT2D eigenvalue weighted by Crippen LogP contribution is 2.24. The first kappa shape index (κ1) is 16.0. The number of hydrogen-bond donors (Lipinski definition) is 2. The van der Waals surface area contributed by atoms with Gasteiger partial charge in [-0.1, -0.05) is 11.6 Å². The summed E-state index contributed by atoms with van der Waals surface area (Å²) in [5, 5.41) is 3.07. The van der Waals surface area contributed by atoms with Crippen LogP contribution in [0.4, 0.5) is 11.4 Å². The summed E-state index contributed by atoms with van der Waals surface area (Å²) in [4.78, 5) is 11.9. The van der Waals surface area contributed by atoms with Gasteiger partial charge in [0.2, 0.25) is 0 Å². The quantitative estimate of drug-likeness (QED) is 0.801. The molecule has 2 aromatic rings. The van der Waals surface area contributed by atoms with E-state index in [0.717, 1.165) is 5.75 Å². The lowest BCUT2D eigenvalue weighted by atomic mass is 10.3. The summed E-state index contributed by atoms with van der Waals surface area (Å²) in [5.41, 5.74) is 6.63. The van der Waals surface area contributed by atoms with Crippen LogP contribution in [0.5, 0.6) is 11.5 Å². The third-order valence-corrected chi connectivity index (χ3v) is 3.10. The van der Waals surface area contributed by atoms with Gasteiger partial charge in [0.25, 0.3) is 5.91 Å². The Labute approximate surface area is 134 Å². The molecule has 0 saturated carbocycles. The first-order chi connectivity index (χ1) is 10.6. The summed E-state index contributed by atoms with van der Waals surface area (Å²) in [6.07, 6.45) is 0. The molecule has 2 aromatic carbocycles. The molecule has 0 aliphatic carbocycles. The SMILES string of the molecule is CCOc1ccc(OCC(=O)Nc2cc(N)ccc2Cl)cc1. The topological polar surface area (TPSA) is 73.6 Å². The number of nitrogen functional groups attached to an aromatic ring is 1. The smallest absolute Gasteiger partial charge is 0.262 e. The van der Waals surface area contributed by atoms with E-state index < -0.39 is 0 Å². The van der Waals surface area contributed by atoms with Crippen molar-refractivity contribution in [3.8, 4) is 11.5 Å². The molecule has 0 spiro atoms. The molecule has 0 bridgehead atoms. The van der Waals surface area contributed by atoms with Gasteiger partial charge in [-0.3, -0.25) is 4.79 Å². The van der Waals surface area contributed by atoms with Gasteiger partial charge in [0.05, 0.1) is 17.3 Å². The number of anilines is 2. The lowest BCUT2D eigenvalue weighted by Gasteiger charge is -2.10. The van der Waals surface area contributed by atoms with Gasteiger partial charge in [0.1, 0.15) is 11.5 Å². The van der Waals surface area contributed by atoms with Crippen molar-refractivity contribution in [1.82, 2.24) is 0 Å². The van der Waals surface area contributed by atoms with Crippen LogP contribution in [-0.2, 0) is 4.79 Å². The average Bonchev–Trinajstić information content (AvgIpc) is 2.51. The van der Waals surface area contributed by atoms with E-state index in [1.165, 1.54) is 0 Å². The van der Waals surface area contributed by atoms with Gasteiger partial charge < -0.3 is 20.5 Å². The Balaban J connectivity index is 1.88. The number of halogens is 1. The van der Waals surface area contributed by atoms with E-state index in [2.05, 4.69) is 5.32 Å². The second-order valence-corrected chi connectivity index (χ2v) is 4.89. The monoisotopic (exact) mass is 320 g/mol. The Morgan fingerprint density at radius 3 is 2.41 bits per heavy atom. The van der Waals surface area contributed by atoms with Crippen molar-refractivity contribution < 1.29 is 14.3 Å². The summed E-state index contributed by atoms with van der Waals surface area (Å²) in [6.45, 7) is 2.39. The molecule has 6 heteroatoms. The maximum atomic E-state index is 11.9. The highest BCUT2D eigenvalue weighted by atomic mass is 35.5. The van der Waals surface area contributed by atoms with Crippen molar-refractivity contribution in [3.05, 3.63) is 47.5 Å². The molecule has 0 fully saturated rings. The van der Waals surface area contributed by atoms with Crippen molar-refractivity contribution in [3.63, 3.8) is 0 Å². The van der Waals surface area contributed by atoms with Gasteiger partial charge in [-0.25, -0.2) is 0 Å². The number of carbonyl (C=O) groups excluding carboxylic acids is 1. The summed E-state index contributed by atoms with van der Waals surface area (Å²) in [7, 11) is 0. The minimum Gasteiger partial charge on any atom is -0.494 e. The summed E-state index contributed by atoms with van der Waals surface area (Å²) < 4.78 is 10.7. The van der Waals surface area contributed by atoms with Crippen LogP contribution < -0.4 is 20.5 Å². The Hall–Kier alpha value is -2.40. The third-order valence-electron chi connectivity index (χ3n) is 2.77. The van der Waals surface area contributed by atoms with Crippen molar-refractivity contribution in [2.75, 3.05) is 24.3 Å². The molecule has 0 atom stereocenters. The van der Waals surface area contributed by atoms with E-state index in [1.807, 2.05) is 6.92 Å². The molecule has 0 heterocycles. The molecule has 0 aliphatic rings. The number of ether oxygens (including phenoxy) is 2. The number of rotatable bonds is 6. The number of hydrogen-bond acceptors (Lipinski definition) is 4. The fourth-order valence-electron chi connectivity index (χ4n) is 1.77. The maximum absolute atomic E-state index is 11.9. The Bertz CT molecular complexity index is 644. The molecule has 3 N–H and O–H groups in total. The van der Waals surface area contributed by atoms with Gasteiger partial charge in [0.15, 0.2) is 6.61 Å². The maximum Gasteiger partial charge on any atom is 0.262 e. The normalized spacial score (nSPS) is 10.1. The first-order valence-electron chi connectivity index (χ1n) is 6.79. The zero-order valence-electron chi connectivity index (χ0n) is 12.1. The highest BCUT2D eigenvalue weighted by Gasteiger charge is 2.07. The third kappa shape index (κ3) is 4.56. The molecule has 0 aromatic heterocycles. The Kier molecular flexibility index (Phi) is 5.49. The van der Waals surface area contributed by atoms with E-state index in [1.54, 1.807) is 42.5 Å². The predicted octanol–water partition coefficient (Wildman–Crippen LogP) is 3.34. The standard InChI is InChI=1S/C16H17ClN2O3/c1-2-21-12-4-6-13(7-5-12)22-10-16(20)19-15-9-11(18)3-8-14(15)17/h3-9H,2,10,18H2,1H3,(H,19,20). The molecule has 0 radical (unpaired) electrons. The number of benzene rings is 2. The Morgan fingerprint density at radius 2 is 1.77 bits per heavy atom. The van der Waals surface area contributed by atoms with Crippen molar-refractivity contribution >= 4 is 28.9 Å². The average molecular weight is 321 g/mol. The minimum atomic E-state index is -0.318. The second-order valence-electron chi connectivity index (χ2n) is 4.48.